The first-order valence-corrected chi connectivity index (χ1v) is 13.4. The van der Waals surface area contributed by atoms with E-state index >= 15 is 0 Å². The monoisotopic (exact) mass is 555 g/mol. The van der Waals surface area contributed by atoms with Gasteiger partial charge in [-0.25, -0.2) is 0 Å². The summed E-state index contributed by atoms with van der Waals surface area (Å²) < 4.78 is 78.2. The lowest BCUT2D eigenvalue weighted by molar-refractivity contribution is -0.165. The topological polar surface area (TPSA) is 52.7 Å². The van der Waals surface area contributed by atoms with Crippen LogP contribution in [-0.4, -0.2) is 65.3 Å². The molecule has 0 aromatic rings. The number of carbonyl (C=O) groups excluding carboxylic acids is 2. The molecule has 0 aromatic heterocycles. The van der Waals surface area contributed by atoms with Crippen LogP contribution in [0.1, 0.15) is 65.2 Å². The lowest BCUT2D eigenvalue weighted by Gasteiger charge is -2.61. The highest BCUT2D eigenvalue weighted by molar-refractivity contribution is 7.80. The SMILES string of the molecule is CN1C(=O)CC[C@]2(C)C3CC[C@]4(C)C(C(=O)N(CC(F)(F)F)C(=S)NCC(F)(F)F)CCC4C3CC[C@@H]12. The summed E-state index contributed by atoms with van der Waals surface area (Å²) in [5.74, 6) is -0.644. The molecule has 1 saturated heterocycles. The zero-order chi connectivity index (χ0) is 27.6. The van der Waals surface area contributed by atoms with Crippen LogP contribution in [0.15, 0.2) is 0 Å². The van der Waals surface area contributed by atoms with Crippen LogP contribution >= 0.6 is 12.2 Å². The van der Waals surface area contributed by atoms with Crippen LogP contribution in [0.3, 0.4) is 0 Å². The van der Waals surface area contributed by atoms with Gasteiger partial charge in [-0.3, -0.25) is 14.5 Å². The van der Waals surface area contributed by atoms with Crippen molar-refractivity contribution in [3.63, 3.8) is 0 Å². The molecule has 1 aliphatic heterocycles. The van der Waals surface area contributed by atoms with Crippen LogP contribution in [0, 0.1) is 34.5 Å². The minimum absolute atomic E-state index is 0.0413. The Bertz CT molecular complexity index is 942. The van der Waals surface area contributed by atoms with Crippen molar-refractivity contribution in [2.24, 2.45) is 34.5 Å². The van der Waals surface area contributed by atoms with Gasteiger partial charge in [0.15, 0.2) is 5.11 Å². The van der Waals surface area contributed by atoms with Crippen LogP contribution in [0.5, 0.6) is 0 Å². The maximum atomic E-state index is 13.6. The third kappa shape index (κ3) is 5.20. The number of amides is 2. The second kappa shape index (κ2) is 9.55. The number of rotatable bonds is 3. The summed E-state index contributed by atoms with van der Waals surface area (Å²) in [6, 6.07) is 0.164. The van der Waals surface area contributed by atoms with E-state index in [2.05, 4.69) is 6.92 Å². The van der Waals surface area contributed by atoms with Gasteiger partial charge in [0.25, 0.3) is 0 Å². The molecule has 0 radical (unpaired) electrons. The Balaban J connectivity index is 1.55. The zero-order valence-electron chi connectivity index (χ0n) is 21.3. The van der Waals surface area contributed by atoms with Crippen molar-refractivity contribution >= 4 is 29.1 Å². The Morgan fingerprint density at radius 2 is 1.65 bits per heavy atom. The summed E-state index contributed by atoms with van der Waals surface area (Å²) in [4.78, 5) is 28.1. The van der Waals surface area contributed by atoms with E-state index in [1.165, 1.54) is 0 Å². The molecule has 4 unspecified atom stereocenters. The smallest absolute Gasteiger partial charge is 0.353 e. The highest BCUT2D eigenvalue weighted by Crippen LogP contribution is 2.66. The fourth-order valence-corrected chi connectivity index (χ4v) is 8.67. The van der Waals surface area contributed by atoms with Gasteiger partial charge in [0.05, 0.1) is 0 Å². The molecule has 4 aliphatic rings. The molecule has 4 rings (SSSR count). The van der Waals surface area contributed by atoms with Gasteiger partial charge in [-0.15, -0.1) is 0 Å². The molecule has 210 valence electrons. The van der Waals surface area contributed by atoms with Gasteiger partial charge in [0.2, 0.25) is 11.8 Å². The molecule has 7 atom stereocenters. The van der Waals surface area contributed by atoms with E-state index in [4.69, 9.17) is 12.2 Å². The van der Waals surface area contributed by atoms with Gasteiger partial charge in [-0.2, -0.15) is 26.3 Å². The first kappa shape index (κ1) is 28.4. The highest BCUT2D eigenvalue weighted by Gasteiger charge is 2.62. The number of hydrogen-bond donors (Lipinski definition) is 1. The van der Waals surface area contributed by atoms with E-state index in [1.807, 2.05) is 18.9 Å². The summed E-state index contributed by atoms with van der Waals surface area (Å²) in [6.07, 6.45) is -3.90. The number of nitrogens with zero attached hydrogens (tertiary/aromatic N) is 2. The largest absolute Gasteiger partial charge is 0.406 e. The van der Waals surface area contributed by atoms with Gasteiger partial charge in [0.1, 0.15) is 13.1 Å². The average Bonchev–Trinajstić information content (AvgIpc) is 3.14. The van der Waals surface area contributed by atoms with Crippen molar-refractivity contribution < 1.29 is 35.9 Å². The molecule has 0 spiro atoms. The summed E-state index contributed by atoms with van der Waals surface area (Å²) in [5.41, 5.74) is -0.596. The Kier molecular flexibility index (Phi) is 7.34. The molecular weight excluding hydrogens is 520 g/mol. The fourth-order valence-electron chi connectivity index (χ4n) is 8.44. The van der Waals surface area contributed by atoms with E-state index in [9.17, 15) is 35.9 Å². The number of alkyl halides is 6. The van der Waals surface area contributed by atoms with Crippen molar-refractivity contribution in [1.29, 1.82) is 0 Å². The van der Waals surface area contributed by atoms with E-state index in [0.29, 0.717) is 42.4 Å². The van der Waals surface area contributed by atoms with E-state index in [1.54, 1.807) is 5.32 Å². The highest BCUT2D eigenvalue weighted by atomic mass is 32.1. The maximum absolute atomic E-state index is 13.6. The molecule has 0 aromatic carbocycles. The lowest BCUT2D eigenvalue weighted by atomic mass is 9.47. The van der Waals surface area contributed by atoms with Gasteiger partial charge >= 0.3 is 12.4 Å². The number of nitrogens with one attached hydrogen (secondary N) is 1. The van der Waals surface area contributed by atoms with Crippen LogP contribution in [-0.2, 0) is 9.59 Å². The standard InChI is InChI=1S/C25H35F6N3O2S/c1-22-10-8-16-14(4-7-18-23(16,2)11-9-19(35)33(18)3)15(22)5-6-17(22)20(36)34(13-25(29,30)31)21(37)32-12-24(26,27)28/h14-18H,4-13H2,1-3H3,(H,32,37)/t14?,15?,16?,17?,18-,22+,23-/m1/s1. The van der Waals surface area contributed by atoms with E-state index in [-0.39, 0.29) is 23.3 Å². The lowest BCUT2D eigenvalue weighted by Crippen LogP contribution is -2.61. The van der Waals surface area contributed by atoms with Crippen molar-refractivity contribution in [2.75, 3.05) is 20.1 Å². The van der Waals surface area contributed by atoms with Crippen molar-refractivity contribution in [2.45, 2.75) is 83.6 Å². The van der Waals surface area contributed by atoms with Crippen LogP contribution < -0.4 is 5.32 Å². The molecule has 3 saturated carbocycles. The van der Waals surface area contributed by atoms with Crippen molar-refractivity contribution in [1.82, 2.24) is 15.1 Å². The first-order chi connectivity index (χ1) is 17.0. The van der Waals surface area contributed by atoms with Crippen LogP contribution in [0.25, 0.3) is 0 Å². The number of piperidine rings is 1. The van der Waals surface area contributed by atoms with Crippen LogP contribution in [0.4, 0.5) is 26.3 Å². The van der Waals surface area contributed by atoms with Crippen molar-refractivity contribution in [3.8, 4) is 0 Å². The predicted octanol–water partition coefficient (Wildman–Crippen LogP) is 5.29. The number of thiocarbonyl (C=S) groups is 1. The summed E-state index contributed by atoms with van der Waals surface area (Å²) in [7, 11) is 1.87. The normalized spacial score (nSPS) is 37.9. The van der Waals surface area contributed by atoms with Crippen molar-refractivity contribution in [3.05, 3.63) is 0 Å². The second-order valence-corrected chi connectivity index (χ2v) is 12.4. The molecule has 5 nitrogen and oxygen atoms in total. The zero-order valence-corrected chi connectivity index (χ0v) is 22.2. The molecule has 2 amide bonds. The van der Waals surface area contributed by atoms with E-state index in [0.717, 1.165) is 25.7 Å². The summed E-state index contributed by atoms with van der Waals surface area (Å²) in [5, 5.41) is 0.958. The van der Waals surface area contributed by atoms with E-state index < -0.39 is 47.8 Å². The average molecular weight is 556 g/mol. The Labute approximate surface area is 218 Å². The summed E-state index contributed by atoms with van der Waals surface area (Å²) >= 11 is 4.86. The molecule has 37 heavy (non-hydrogen) atoms. The second-order valence-electron chi connectivity index (χ2n) is 12.0. The molecular formula is C25H35F6N3O2S. The Hall–Kier alpha value is -1.59. The number of halogens is 6. The minimum atomic E-state index is -4.81. The Morgan fingerprint density at radius 1 is 1.00 bits per heavy atom. The third-order valence-corrected chi connectivity index (χ3v) is 10.5. The molecule has 1 heterocycles. The third-order valence-electron chi connectivity index (χ3n) is 10.1. The number of hydrogen-bond acceptors (Lipinski definition) is 3. The Morgan fingerprint density at radius 3 is 2.27 bits per heavy atom. The predicted molar refractivity (Wildman–Crippen MR) is 128 cm³/mol. The quantitative estimate of drug-likeness (QED) is 0.380. The molecule has 0 bridgehead atoms. The van der Waals surface area contributed by atoms with Gasteiger partial charge in [-0.05, 0) is 85.7 Å². The summed E-state index contributed by atoms with van der Waals surface area (Å²) in [6.45, 7) is 0.886. The fraction of sp³-hybridized carbons (Fsp3) is 0.880. The van der Waals surface area contributed by atoms with Gasteiger partial charge in [0, 0.05) is 25.4 Å². The minimum Gasteiger partial charge on any atom is -0.353 e. The maximum Gasteiger partial charge on any atom is 0.406 e. The van der Waals surface area contributed by atoms with Gasteiger partial charge in [-0.1, -0.05) is 13.8 Å². The molecule has 12 heteroatoms. The number of fused-ring (bicyclic) bond motifs is 5. The van der Waals surface area contributed by atoms with Gasteiger partial charge < -0.3 is 10.2 Å². The molecule has 1 N–H and O–H groups in total. The molecule has 3 aliphatic carbocycles. The first-order valence-electron chi connectivity index (χ1n) is 13.0. The number of carbonyl (C=O) groups is 2. The number of likely N-dealkylation sites (tertiary alicyclic amines) is 1. The van der Waals surface area contributed by atoms with Crippen LogP contribution in [0.2, 0.25) is 0 Å². The molecule has 4 fully saturated rings.